The van der Waals surface area contributed by atoms with Crippen LogP contribution in [0.15, 0.2) is 35.2 Å². The van der Waals surface area contributed by atoms with Crippen molar-refractivity contribution in [3.05, 3.63) is 36.0 Å². The lowest BCUT2D eigenvalue weighted by Crippen LogP contribution is -2.30. The summed E-state index contributed by atoms with van der Waals surface area (Å²) in [6.07, 6.45) is -2.73. The Morgan fingerprint density at radius 3 is 2.46 bits per heavy atom. The summed E-state index contributed by atoms with van der Waals surface area (Å²) in [6, 6.07) is 7.67. The van der Waals surface area contributed by atoms with Gasteiger partial charge in [0.05, 0.1) is 18.3 Å². The number of nitrogens with one attached hydrogen (secondary N) is 2. The van der Waals surface area contributed by atoms with E-state index in [4.69, 9.17) is 0 Å². The molecule has 2 rings (SSSR count). The predicted octanol–water partition coefficient (Wildman–Crippen LogP) is 4.39. The van der Waals surface area contributed by atoms with Gasteiger partial charge in [-0.1, -0.05) is 26.0 Å². The van der Waals surface area contributed by atoms with Crippen LogP contribution in [0.5, 0.6) is 0 Å². The Morgan fingerprint density at radius 2 is 1.88 bits per heavy atom. The lowest BCUT2D eigenvalue weighted by molar-refractivity contribution is -0.141. The number of aromatic nitrogens is 2. The van der Waals surface area contributed by atoms with Crippen molar-refractivity contribution in [2.45, 2.75) is 31.0 Å². The average Bonchev–Trinajstić information content (AvgIpc) is 2.59. The maximum atomic E-state index is 13.2. The largest absolute Gasteiger partial charge is 0.433 e. The van der Waals surface area contributed by atoms with Gasteiger partial charge in [-0.2, -0.15) is 18.2 Å². The van der Waals surface area contributed by atoms with Gasteiger partial charge in [-0.15, -0.1) is 11.8 Å². The zero-order valence-electron chi connectivity index (χ0n) is 14.6. The molecule has 0 saturated carbocycles. The molecule has 2 aromatic rings. The molecule has 0 unspecified atom stereocenters. The zero-order valence-corrected chi connectivity index (χ0v) is 15.4. The topological polar surface area (TPSA) is 70.1 Å². The molecule has 0 aliphatic heterocycles. The normalized spacial score (nSPS) is 12.9. The molecule has 0 spiro atoms. The van der Waals surface area contributed by atoms with Crippen molar-refractivity contribution in [3.8, 4) is 0 Å². The Labute approximate surface area is 154 Å². The van der Waals surface area contributed by atoms with Gasteiger partial charge in [-0.3, -0.25) is 0 Å². The van der Waals surface area contributed by atoms with E-state index < -0.39 is 17.9 Å². The molecule has 0 saturated heterocycles. The van der Waals surface area contributed by atoms with Crippen LogP contribution in [0, 0.1) is 5.92 Å². The number of nitrogens with zero attached hydrogens (tertiary/aromatic N) is 2. The molecule has 1 aromatic heterocycles. The molecule has 0 fully saturated rings. The quantitative estimate of drug-likeness (QED) is 0.613. The molecule has 3 N–H and O–H groups in total. The molecule has 0 aliphatic carbocycles. The van der Waals surface area contributed by atoms with Gasteiger partial charge in [0.15, 0.2) is 5.69 Å². The molecule has 0 amide bonds. The van der Waals surface area contributed by atoms with Crippen LogP contribution in [-0.4, -0.2) is 34.0 Å². The van der Waals surface area contributed by atoms with Crippen molar-refractivity contribution in [2.24, 2.45) is 5.92 Å². The number of para-hydroxylation sites is 1. The van der Waals surface area contributed by atoms with Crippen molar-refractivity contribution in [3.63, 3.8) is 0 Å². The van der Waals surface area contributed by atoms with Gasteiger partial charge >= 0.3 is 6.18 Å². The summed E-state index contributed by atoms with van der Waals surface area (Å²) in [4.78, 5) is 8.57. The summed E-state index contributed by atoms with van der Waals surface area (Å²) in [5, 5.41) is 15.1. The van der Waals surface area contributed by atoms with Crippen molar-refractivity contribution in [1.82, 2.24) is 9.97 Å². The van der Waals surface area contributed by atoms with E-state index >= 15 is 0 Å². The fourth-order valence-corrected chi connectivity index (χ4v) is 2.75. The van der Waals surface area contributed by atoms with Crippen LogP contribution in [0.25, 0.3) is 0 Å². The minimum absolute atomic E-state index is 0.00762. The Kier molecular flexibility index (Phi) is 6.71. The van der Waals surface area contributed by atoms with Crippen molar-refractivity contribution >= 4 is 29.2 Å². The van der Waals surface area contributed by atoms with E-state index in [1.165, 1.54) is 11.8 Å². The van der Waals surface area contributed by atoms with E-state index in [1.54, 1.807) is 12.1 Å². The van der Waals surface area contributed by atoms with Gasteiger partial charge in [-0.25, -0.2) is 4.98 Å². The summed E-state index contributed by atoms with van der Waals surface area (Å²) < 4.78 is 39.6. The van der Waals surface area contributed by atoms with E-state index in [0.29, 0.717) is 5.69 Å². The number of benzene rings is 1. The van der Waals surface area contributed by atoms with Gasteiger partial charge in [0.1, 0.15) is 5.82 Å². The highest BCUT2D eigenvalue weighted by Crippen LogP contribution is 2.32. The third-order valence-corrected chi connectivity index (χ3v) is 4.50. The Bertz CT molecular complexity index is 740. The van der Waals surface area contributed by atoms with Crippen molar-refractivity contribution in [1.29, 1.82) is 0 Å². The van der Waals surface area contributed by atoms with Gasteiger partial charge in [0, 0.05) is 11.0 Å². The minimum atomic E-state index is -4.61. The number of alkyl halides is 3. The Balaban J connectivity index is 2.40. The highest BCUT2D eigenvalue weighted by molar-refractivity contribution is 7.98. The van der Waals surface area contributed by atoms with Crippen LogP contribution >= 0.6 is 11.8 Å². The third kappa shape index (κ3) is 5.25. The molecule has 142 valence electrons. The van der Waals surface area contributed by atoms with Crippen molar-refractivity contribution in [2.75, 3.05) is 23.5 Å². The van der Waals surface area contributed by atoms with Crippen LogP contribution in [-0.2, 0) is 6.18 Å². The zero-order chi connectivity index (χ0) is 19.3. The maximum Gasteiger partial charge on any atom is 0.433 e. The molecule has 0 radical (unpaired) electrons. The highest BCUT2D eigenvalue weighted by Gasteiger charge is 2.34. The number of aliphatic hydroxyl groups excluding tert-OH is 1. The molecule has 0 aliphatic rings. The molecule has 1 atom stereocenters. The van der Waals surface area contributed by atoms with Crippen LogP contribution in [0.4, 0.5) is 30.6 Å². The lowest BCUT2D eigenvalue weighted by Gasteiger charge is -2.21. The first-order valence-corrected chi connectivity index (χ1v) is 9.20. The van der Waals surface area contributed by atoms with Crippen LogP contribution in [0.1, 0.15) is 19.5 Å². The third-order valence-electron chi connectivity index (χ3n) is 3.70. The number of hydrogen-bond acceptors (Lipinski definition) is 6. The van der Waals surface area contributed by atoms with Gasteiger partial charge < -0.3 is 15.7 Å². The Morgan fingerprint density at radius 1 is 1.19 bits per heavy atom. The molecule has 0 bridgehead atoms. The first-order valence-electron chi connectivity index (χ1n) is 7.98. The molecular formula is C17H21F3N4OS. The van der Waals surface area contributed by atoms with E-state index in [2.05, 4.69) is 20.6 Å². The van der Waals surface area contributed by atoms with Gasteiger partial charge in [0.25, 0.3) is 0 Å². The molecular weight excluding hydrogens is 365 g/mol. The lowest BCUT2D eigenvalue weighted by atomic mass is 10.1. The second kappa shape index (κ2) is 8.59. The number of anilines is 3. The molecule has 9 heteroatoms. The predicted molar refractivity (Wildman–Crippen MR) is 97.9 cm³/mol. The summed E-state index contributed by atoms with van der Waals surface area (Å²) in [6.45, 7) is 3.44. The first-order chi connectivity index (χ1) is 12.2. The summed E-state index contributed by atoms with van der Waals surface area (Å²) in [5.74, 6) is -0.166. The van der Waals surface area contributed by atoms with E-state index in [-0.39, 0.29) is 24.3 Å². The number of thioether (sulfide) groups is 1. The molecule has 26 heavy (non-hydrogen) atoms. The minimum Gasteiger partial charge on any atom is -0.394 e. The number of aliphatic hydroxyl groups is 1. The van der Waals surface area contributed by atoms with Crippen molar-refractivity contribution < 1.29 is 18.3 Å². The van der Waals surface area contributed by atoms with Gasteiger partial charge in [-0.05, 0) is 24.3 Å². The fourth-order valence-electron chi connectivity index (χ4n) is 2.20. The number of halogens is 3. The second-order valence-electron chi connectivity index (χ2n) is 5.96. The van der Waals surface area contributed by atoms with E-state index in [9.17, 15) is 18.3 Å². The number of hydrogen-bond donors (Lipinski definition) is 3. The monoisotopic (exact) mass is 386 g/mol. The highest BCUT2D eigenvalue weighted by atomic mass is 32.2. The second-order valence-corrected chi connectivity index (χ2v) is 6.81. The SMILES string of the molecule is CSc1ccccc1Nc1cc(C(F)(F)F)nc(N[C@@H](CO)C(C)C)n1. The Hall–Kier alpha value is -2.00. The number of rotatable bonds is 7. The fraction of sp³-hybridized carbons (Fsp3) is 0.412. The van der Waals surface area contributed by atoms with Gasteiger partial charge in [0.2, 0.25) is 5.95 Å². The first kappa shape index (κ1) is 20.3. The molecule has 1 heterocycles. The summed E-state index contributed by atoms with van der Waals surface area (Å²) >= 11 is 1.47. The van der Waals surface area contributed by atoms with Crippen LogP contribution < -0.4 is 10.6 Å². The van der Waals surface area contributed by atoms with Crippen LogP contribution in [0.2, 0.25) is 0 Å². The molecule has 5 nitrogen and oxygen atoms in total. The van der Waals surface area contributed by atoms with E-state index in [0.717, 1.165) is 11.0 Å². The average molecular weight is 386 g/mol. The summed E-state index contributed by atoms with van der Waals surface area (Å²) in [5.41, 5.74) is -0.403. The summed E-state index contributed by atoms with van der Waals surface area (Å²) in [7, 11) is 0. The van der Waals surface area contributed by atoms with E-state index in [1.807, 2.05) is 32.2 Å². The smallest absolute Gasteiger partial charge is 0.394 e. The van der Waals surface area contributed by atoms with Crippen LogP contribution in [0.3, 0.4) is 0 Å². The maximum absolute atomic E-state index is 13.2. The molecule has 1 aromatic carbocycles. The standard InChI is InChI=1S/C17H21F3N4OS/c1-10(2)12(9-25)22-16-23-14(17(18,19)20)8-15(24-16)21-11-6-4-5-7-13(11)26-3/h4-8,10,12,25H,9H2,1-3H3,(H2,21,22,23,24)/t12-/m0/s1.